The van der Waals surface area contributed by atoms with Crippen molar-refractivity contribution in [3.05, 3.63) is 45.0 Å². The summed E-state index contributed by atoms with van der Waals surface area (Å²) in [4.78, 5) is 27.8. The number of amides is 1. The first kappa shape index (κ1) is 17.4. The van der Waals surface area contributed by atoms with Crippen molar-refractivity contribution in [3.8, 4) is 0 Å². The highest BCUT2D eigenvalue weighted by atomic mass is 32.2. The molecule has 1 amide bonds. The van der Waals surface area contributed by atoms with Crippen molar-refractivity contribution in [2.75, 3.05) is 0 Å². The summed E-state index contributed by atoms with van der Waals surface area (Å²) in [5, 5.41) is 16.0. The average Bonchev–Trinajstić information content (AvgIpc) is 2.82. The molecule has 1 aromatic heterocycles. The maximum absolute atomic E-state index is 12.2. The van der Waals surface area contributed by atoms with Gasteiger partial charge in [0.1, 0.15) is 0 Å². The van der Waals surface area contributed by atoms with Crippen LogP contribution in [0.3, 0.4) is 0 Å². The van der Waals surface area contributed by atoms with Gasteiger partial charge in [-0.25, -0.2) is 4.98 Å². The van der Waals surface area contributed by atoms with Crippen LogP contribution in [0.4, 0.5) is 5.69 Å². The third-order valence-corrected chi connectivity index (χ3v) is 4.82. The summed E-state index contributed by atoms with van der Waals surface area (Å²) in [7, 11) is 0. The molecule has 0 saturated carbocycles. The van der Waals surface area contributed by atoms with Gasteiger partial charge in [-0.2, -0.15) is 0 Å². The Hall–Kier alpha value is -1.93. The number of carbonyl (C=O) groups is 1. The molecule has 0 fully saturated rings. The fraction of sp³-hybridized carbons (Fsp3) is 0.333. The Morgan fingerprint density at radius 3 is 2.61 bits per heavy atom. The molecule has 1 aromatic carbocycles. The van der Waals surface area contributed by atoms with Gasteiger partial charge in [-0.15, -0.1) is 11.3 Å². The number of nitro groups is 1. The molecule has 0 saturated heterocycles. The van der Waals surface area contributed by atoms with Crippen molar-refractivity contribution in [1.82, 2.24) is 10.3 Å². The van der Waals surface area contributed by atoms with Gasteiger partial charge in [0, 0.05) is 28.2 Å². The molecule has 0 unspecified atom stereocenters. The largest absolute Gasteiger partial charge is 0.347 e. The number of nitrogens with zero attached hydrogens (tertiary/aromatic N) is 2. The minimum Gasteiger partial charge on any atom is -0.347 e. The van der Waals surface area contributed by atoms with Crippen LogP contribution in [0.15, 0.2) is 32.8 Å². The lowest BCUT2D eigenvalue weighted by Crippen LogP contribution is -2.40. The fourth-order valence-corrected chi connectivity index (χ4v) is 3.65. The molecule has 0 radical (unpaired) electrons. The van der Waals surface area contributed by atoms with E-state index in [-0.39, 0.29) is 17.2 Å². The van der Waals surface area contributed by atoms with Gasteiger partial charge < -0.3 is 5.32 Å². The quantitative estimate of drug-likeness (QED) is 0.664. The molecule has 0 aliphatic carbocycles. The number of benzene rings is 1. The van der Waals surface area contributed by atoms with E-state index in [0.29, 0.717) is 4.90 Å². The Kier molecular flexibility index (Phi) is 5.06. The van der Waals surface area contributed by atoms with Crippen LogP contribution in [0.2, 0.25) is 0 Å². The summed E-state index contributed by atoms with van der Waals surface area (Å²) in [6, 6.07) is 4.50. The molecule has 2 rings (SSSR count). The number of aromatic nitrogens is 1. The molecule has 0 bridgehead atoms. The number of rotatable bonds is 4. The minimum absolute atomic E-state index is 0.0931. The zero-order chi connectivity index (χ0) is 17.2. The maximum atomic E-state index is 12.2. The van der Waals surface area contributed by atoms with Crippen LogP contribution in [0.5, 0.6) is 0 Å². The van der Waals surface area contributed by atoms with Crippen molar-refractivity contribution in [3.63, 3.8) is 0 Å². The van der Waals surface area contributed by atoms with Crippen LogP contribution in [0.25, 0.3) is 0 Å². The Morgan fingerprint density at radius 2 is 2.09 bits per heavy atom. The zero-order valence-electron chi connectivity index (χ0n) is 13.2. The lowest BCUT2D eigenvalue weighted by atomic mass is 10.1. The SMILES string of the molecule is Cc1csc(Sc2ccc(C(=O)NC(C)(C)C)cc2[N+](=O)[O-])n1. The third kappa shape index (κ3) is 4.77. The van der Waals surface area contributed by atoms with Crippen molar-refractivity contribution in [2.24, 2.45) is 0 Å². The van der Waals surface area contributed by atoms with Crippen LogP contribution in [-0.2, 0) is 0 Å². The number of thiazole rings is 1. The van der Waals surface area contributed by atoms with Crippen molar-refractivity contribution in [2.45, 2.75) is 42.5 Å². The van der Waals surface area contributed by atoms with E-state index in [1.807, 2.05) is 33.1 Å². The van der Waals surface area contributed by atoms with Gasteiger partial charge in [0.2, 0.25) is 0 Å². The van der Waals surface area contributed by atoms with E-state index < -0.39 is 10.5 Å². The molecule has 1 heterocycles. The molecular weight excluding hydrogens is 334 g/mol. The Morgan fingerprint density at radius 1 is 1.39 bits per heavy atom. The minimum atomic E-state index is -0.476. The van der Waals surface area contributed by atoms with Gasteiger partial charge in [-0.1, -0.05) is 11.8 Å². The summed E-state index contributed by atoms with van der Waals surface area (Å²) in [5.41, 5.74) is 0.648. The monoisotopic (exact) mass is 351 g/mol. The molecule has 122 valence electrons. The molecule has 23 heavy (non-hydrogen) atoms. The molecule has 1 N–H and O–H groups in total. The van der Waals surface area contributed by atoms with Gasteiger partial charge in [0.15, 0.2) is 4.34 Å². The molecule has 6 nitrogen and oxygen atoms in total. The summed E-state index contributed by atoms with van der Waals surface area (Å²) in [6.45, 7) is 7.44. The van der Waals surface area contributed by atoms with Crippen LogP contribution >= 0.6 is 23.1 Å². The van der Waals surface area contributed by atoms with E-state index >= 15 is 0 Å². The highest BCUT2D eigenvalue weighted by Crippen LogP contribution is 2.36. The number of carbonyl (C=O) groups excluding carboxylic acids is 1. The number of hydrogen-bond donors (Lipinski definition) is 1. The van der Waals surface area contributed by atoms with Gasteiger partial charge in [-0.05, 0) is 39.8 Å². The normalized spacial score (nSPS) is 11.3. The maximum Gasteiger partial charge on any atom is 0.284 e. The molecular formula is C15H17N3O3S2. The van der Waals surface area contributed by atoms with E-state index in [4.69, 9.17) is 0 Å². The van der Waals surface area contributed by atoms with E-state index in [1.165, 1.54) is 29.2 Å². The van der Waals surface area contributed by atoms with E-state index in [1.54, 1.807) is 12.1 Å². The lowest BCUT2D eigenvalue weighted by molar-refractivity contribution is -0.387. The number of aryl methyl sites for hydroxylation is 1. The Bertz CT molecular complexity index is 751. The molecule has 2 aromatic rings. The molecule has 8 heteroatoms. The Balaban J connectivity index is 2.31. The van der Waals surface area contributed by atoms with E-state index in [2.05, 4.69) is 10.3 Å². The second-order valence-corrected chi connectivity index (χ2v) is 8.15. The van der Waals surface area contributed by atoms with Gasteiger partial charge in [-0.3, -0.25) is 14.9 Å². The molecule has 0 atom stereocenters. The first-order valence-corrected chi connectivity index (χ1v) is 8.56. The average molecular weight is 351 g/mol. The van der Waals surface area contributed by atoms with Gasteiger partial charge in [0.25, 0.3) is 11.6 Å². The van der Waals surface area contributed by atoms with Crippen molar-refractivity contribution in [1.29, 1.82) is 0 Å². The standard InChI is InChI=1S/C15H17N3O3S2/c1-9-8-22-14(16-9)23-12-6-5-10(7-11(12)18(20)21)13(19)17-15(2,3)4/h5-8H,1-4H3,(H,17,19). The third-order valence-electron chi connectivity index (χ3n) is 2.70. The number of hydrogen-bond acceptors (Lipinski definition) is 6. The summed E-state index contributed by atoms with van der Waals surface area (Å²) in [6.07, 6.45) is 0. The summed E-state index contributed by atoms with van der Waals surface area (Å²) >= 11 is 2.66. The van der Waals surface area contributed by atoms with E-state index in [9.17, 15) is 14.9 Å². The van der Waals surface area contributed by atoms with Gasteiger partial charge in [0.05, 0.1) is 9.82 Å². The highest BCUT2D eigenvalue weighted by Gasteiger charge is 2.21. The summed E-state index contributed by atoms with van der Waals surface area (Å²) in [5.74, 6) is -0.331. The van der Waals surface area contributed by atoms with Crippen LogP contribution in [0.1, 0.15) is 36.8 Å². The smallest absolute Gasteiger partial charge is 0.284 e. The summed E-state index contributed by atoms with van der Waals surface area (Å²) < 4.78 is 0.734. The predicted molar refractivity (Wildman–Crippen MR) is 91.3 cm³/mol. The van der Waals surface area contributed by atoms with Crippen molar-refractivity contribution < 1.29 is 9.72 Å². The topological polar surface area (TPSA) is 85.1 Å². The van der Waals surface area contributed by atoms with Crippen LogP contribution in [-0.4, -0.2) is 21.4 Å². The van der Waals surface area contributed by atoms with E-state index in [0.717, 1.165) is 10.0 Å². The first-order chi connectivity index (χ1) is 10.7. The second-order valence-electron chi connectivity index (χ2n) is 6.00. The predicted octanol–water partition coefficient (Wildman–Crippen LogP) is 4.04. The zero-order valence-corrected chi connectivity index (χ0v) is 14.9. The molecule has 0 spiro atoms. The fourth-order valence-electron chi connectivity index (χ4n) is 1.77. The Labute approximate surface area is 142 Å². The highest BCUT2D eigenvalue weighted by molar-refractivity contribution is 8.01. The van der Waals surface area contributed by atoms with Crippen molar-refractivity contribution >= 4 is 34.7 Å². The van der Waals surface area contributed by atoms with Crippen LogP contribution < -0.4 is 5.32 Å². The first-order valence-electron chi connectivity index (χ1n) is 6.86. The number of nitrogens with one attached hydrogen (secondary N) is 1. The molecule has 0 aliphatic heterocycles. The van der Waals surface area contributed by atoms with Gasteiger partial charge >= 0.3 is 0 Å². The second kappa shape index (κ2) is 6.67. The lowest BCUT2D eigenvalue weighted by Gasteiger charge is -2.20. The number of nitro benzene ring substituents is 1. The molecule has 0 aliphatic rings. The van der Waals surface area contributed by atoms with Crippen LogP contribution in [0, 0.1) is 17.0 Å².